The number of rotatable bonds is 3. The van der Waals surface area contributed by atoms with E-state index in [1.807, 2.05) is 67.6 Å². The van der Waals surface area contributed by atoms with Gasteiger partial charge in [0.2, 0.25) is 0 Å². The molecule has 3 rings (SSSR count). The van der Waals surface area contributed by atoms with E-state index in [0.29, 0.717) is 11.4 Å². The molecule has 5 heteroatoms. The number of benzene rings is 2. The van der Waals surface area contributed by atoms with Crippen molar-refractivity contribution in [3.63, 3.8) is 0 Å². The van der Waals surface area contributed by atoms with Gasteiger partial charge >= 0.3 is 6.16 Å². The van der Waals surface area contributed by atoms with Crippen molar-refractivity contribution in [1.29, 1.82) is 0 Å². The van der Waals surface area contributed by atoms with Gasteiger partial charge in [0.05, 0.1) is 18.5 Å². The van der Waals surface area contributed by atoms with Gasteiger partial charge in [0, 0.05) is 5.56 Å². The Morgan fingerprint density at radius 3 is 2.22 bits per heavy atom. The van der Waals surface area contributed by atoms with Crippen molar-refractivity contribution in [1.82, 2.24) is 9.78 Å². The third kappa shape index (κ3) is 2.94. The molecule has 0 aliphatic heterocycles. The van der Waals surface area contributed by atoms with Crippen LogP contribution in [0.5, 0.6) is 5.75 Å². The summed E-state index contributed by atoms with van der Waals surface area (Å²) < 4.78 is 11.7. The van der Waals surface area contributed by atoms with Crippen LogP contribution < -0.4 is 4.74 Å². The van der Waals surface area contributed by atoms with Crippen LogP contribution in [0.25, 0.3) is 16.9 Å². The van der Waals surface area contributed by atoms with Gasteiger partial charge < -0.3 is 9.47 Å². The van der Waals surface area contributed by atoms with Crippen LogP contribution in [0.2, 0.25) is 0 Å². The normalized spacial score (nSPS) is 10.3. The minimum absolute atomic E-state index is 0.395. The zero-order chi connectivity index (χ0) is 16.2. The Morgan fingerprint density at radius 2 is 1.61 bits per heavy atom. The maximum atomic E-state index is 11.6. The van der Waals surface area contributed by atoms with Crippen LogP contribution in [0.1, 0.15) is 5.69 Å². The second-order valence-electron chi connectivity index (χ2n) is 4.93. The van der Waals surface area contributed by atoms with Crippen molar-refractivity contribution < 1.29 is 14.3 Å². The summed E-state index contributed by atoms with van der Waals surface area (Å²) in [6, 6.07) is 19.3. The number of nitrogens with zero attached hydrogens (tertiary/aromatic N) is 2. The van der Waals surface area contributed by atoms with Gasteiger partial charge in [0.1, 0.15) is 5.69 Å². The van der Waals surface area contributed by atoms with E-state index in [4.69, 9.17) is 4.74 Å². The first kappa shape index (κ1) is 14.8. The number of ether oxygens (including phenoxy) is 2. The highest BCUT2D eigenvalue weighted by molar-refractivity contribution is 5.73. The van der Waals surface area contributed by atoms with E-state index in [-0.39, 0.29) is 0 Å². The molecule has 0 aliphatic rings. The molecule has 0 amide bonds. The van der Waals surface area contributed by atoms with Crippen LogP contribution in [-0.2, 0) is 4.74 Å². The van der Waals surface area contributed by atoms with Crippen LogP contribution >= 0.6 is 0 Å². The molecule has 0 atom stereocenters. The second kappa shape index (κ2) is 6.36. The number of para-hydroxylation sites is 1. The van der Waals surface area contributed by atoms with Crippen LogP contribution in [0, 0.1) is 6.92 Å². The van der Waals surface area contributed by atoms with Crippen LogP contribution in [0.15, 0.2) is 60.7 Å². The Labute approximate surface area is 134 Å². The molecular weight excluding hydrogens is 292 g/mol. The van der Waals surface area contributed by atoms with Crippen molar-refractivity contribution in [3.05, 3.63) is 66.4 Å². The number of carbonyl (C=O) groups is 1. The maximum absolute atomic E-state index is 11.6. The standard InChI is InChI=1S/C18H16N2O3/c1-13-17(23-18(21)22-2)16(14-9-5-3-6-10-14)19-20(13)15-11-7-4-8-12-15/h3-12H,1-2H3. The zero-order valence-corrected chi connectivity index (χ0v) is 12.9. The molecule has 2 aromatic carbocycles. The molecule has 0 unspecified atom stereocenters. The van der Waals surface area contributed by atoms with Gasteiger partial charge in [0.25, 0.3) is 0 Å². The van der Waals surface area contributed by atoms with Crippen LogP contribution in [-0.4, -0.2) is 23.0 Å². The monoisotopic (exact) mass is 308 g/mol. The first-order valence-electron chi connectivity index (χ1n) is 7.17. The predicted octanol–water partition coefficient (Wildman–Crippen LogP) is 3.99. The largest absolute Gasteiger partial charge is 0.513 e. The zero-order valence-electron chi connectivity index (χ0n) is 12.9. The van der Waals surface area contributed by atoms with Crippen LogP contribution in [0.3, 0.4) is 0 Å². The SMILES string of the molecule is COC(=O)Oc1c(-c2ccccc2)nn(-c2ccccc2)c1C. The molecule has 5 nitrogen and oxygen atoms in total. The van der Waals surface area contributed by atoms with E-state index in [9.17, 15) is 4.79 Å². The van der Waals surface area contributed by atoms with Crippen molar-refractivity contribution in [2.24, 2.45) is 0 Å². The number of aromatic nitrogens is 2. The summed E-state index contributed by atoms with van der Waals surface area (Å²) in [7, 11) is 1.28. The van der Waals surface area contributed by atoms with Gasteiger partial charge in [-0.05, 0) is 19.1 Å². The van der Waals surface area contributed by atoms with E-state index in [1.54, 1.807) is 4.68 Å². The average molecular weight is 308 g/mol. The van der Waals surface area contributed by atoms with Crippen molar-refractivity contribution >= 4 is 6.16 Å². The summed E-state index contributed by atoms with van der Waals surface area (Å²) in [5, 5.41) is 4.62. The Kier molecular flexibility index (Phi) is 4.10. The summed E-state index contributed by atoms with van der Waals surface area (Å²) in [6.07, 6.45) is -0.766. The molecule has 23 heavy (non-hydrogen) atoms. The number of hydrogen-bond acceptors (Lipinski definition) is 4. The lowest BCUT2D eigenvalue weighted by atomic mass is 10.1. The predicted molar refractivity (Wildman–Crippen MR) is 86.8 cm³/mol. The summed E-state index contributed by atoms with van der Waals surface area (Å²) in [5.41, 5.74) is 3.07. The van der Waals surface area contributed by atoms with Gasteiger partial charge in [-0.1, -0.05) is 48.5 Å². The quantitative estimate of drug-likeness (QED) is 0.686. The molecule has 0 spiro atoms. The molecule has 0 aliphatic carbocycles. The molecule has 0 N–H and O–H groups in total. The van der Waals surface area contributed by atoms with Crippen LogP contribution in [0.4, 0.5) is 4.79 Å². The molecule has 1 heterocycles. The summed E-state index contributed by atoms with van der Waals surface area (Å²) in [6.45, 7) is 1.85. The Bertz CT molecular complexity index is 811. The molecular formula is C18H16N2O3. The van der Waals surface area contributed by atoms with Gasteiger partial charge in [0.15, 0.2) is 5.75 Å². The number of carbonyl (C=O) groups excluding carboxylic acids is 1. The minimum atomic E-state index is -0.766. The number of methoxy groups -OCH3 is 1. The lowest BCUT2D eigenvalue weighted by molar-refractivity contribution is 0.121. The van der Waals surface area contributed by atoms with Gasteiger partial charge in [-0.3, -0.25) is 0 Å². The maximum Gasteiger partial charge on any atom is 0.513 e. The minimum Gasteiger partial charge on any atom is -0.437 e. The highest BCUT2D eigenvalue weighted by Gasteiger charge is 2.21. The summed E-state index contributed by atoms with van der Waals surface area (Å²) in [4.78, 5) is 11.6. The lowest BCUT2D eigenvalue weighted by Crippen LogP contribution is -2.08. The van der Waals surface area contributed by atoms with E-state index in [2.05, 4.69) is 9.84 Å². The fourth-order valence-electron chi connectivity index (χ4n) is 2.34. The van der Waals surface area contributed by atoms with E-state index in [1.165, 1.54) is 7.11 Å². The molecule has 116 valence electrons. The Hall–Kier alpha value is -3.08. The fourth-order valence-corrected chi connectivity index (χ4v) is 2.34. The smallest absolute Gasteiger partial charge is 0.437 e. The van der Waals surface area contributed by atoms with Gasteiger partial charge in [-0.15, -0.1) is 0 Å². The first-order chi connectivity index (χ1) is 11.2. The average Bonchev–Trinajstić information content (AvgIpc) is 2.93. The Balaban J connectivity index is 2.16. The van der Waals surface area contributed by atoms with Gasteiger partial charge in [-0.25, -0.2) is 9.48 Å². The molecule has 0 saturated carbocycles. The van der Waals surface area contributed by atoms with Crippen molar-refractivity contribution in [3.8, 4) is 22.7 Å². The van der Waals surface area contributed by atoms with Gasteiger partial charge in [-0.2, -0.15) is 5.10 Å². The Morgan fingerprint density at radius 1 is 1.00 bits per heavy atom. The highest BCUT2D eigenvalue weighted by atomic mass is 16.7. The molecule has 3 aromatic rings. The molecule has 1 aromatic heterocycles. The molecule has 0 saturated heterocycles. The van der Waals surface area contributed by atoms with E-state index in [0.717, 1.165) is 16.9 Å². The lowest BCUT2D eigenvalue weighted by Gasteiger charge is -2.05. The van der Waals surface area contributed by atoms with Crippen molar-refractivity contribution in [2.45, 2.75) is 6.92 Å². The molecule has 0 fully saturated rings. The van der Waals surface area contributed by atoms with Crippen molar-refractivity contribution in [2.75, 3.05) is 7.11 Å². The first-order valence-corrected chi connectivity index (χ1v) is 7.17. The topological polar surface area (TPSA) is 53.4 Å². The molecule has 0 bridgehead atoms. The highest BCUT2D eigenvalue weighted by Crippen LogP contribution is 2.33. The molecule has 0 radical (unpaired) electrons. The summed E-state index contributed by atoms with van der Waals surface area (Å²) in [5.74, 6) is 0.395. The van der Waals surface area contributed by atoms with E-state index >= 15 is 0 Å². The second-order valence-corrected chi connectivity index (χ2v) is 4.93. The summed E-state index contributed by atoms with van der Waals surface area (Å²) >= 11 is 0. The fraction of sp³-hybridized carbons (Fsp3) is 0.111. The number of hydrogen-bond donors (Lipinski definition) is 0. The third-order valence-corrected chi connectivity index (χ3v) is 3.46. The van der Waals surface area contributed by atoms with E-state index < -0.39 is 6.16 Å². The third-order valence-electron chi connectivity index (χ3n) is 3.46.